The molecule has 37 heavy (non-hydrogen) atoms. The highest BCUT2D eigenvalue weighted by Gasteiger charge is 2.48. The molecule has 2 N–H and O–H groups in total. The molecule has 1 aromatic carbocycles. The number of hydrogen-bond acceptors (Lipinski definition) is 7. The van der Waals surface area contributed by atoms with Crippen LogP contribution in [0.1, 0.15) is 32.1 Å². The number of aromatic nitrogens is 1. The molecule has 1 aliphatic heterocycles. The number of ether oxygens (including phenoxy) is 1. The van der Waals surface area contributed by atoms with Crippen molar-refractivity contribution in [3.05, 3.63) is 57.9 Å². The lowest BCUT2D eigenvalue weighted by Gasteiger charge is -2.45. The van der Waals surface area contributed by atoms with Gasteiger partial charge in [0.1, 0.15) is 18.2 Å². The summed E-state index contributed by atoms with van der Waals surface area (Å²) >= 11 is 0. The molecule has 14 heteroatoms. The number of rotatable bonds is 8. The normalized spacial score (nSPS) is 15.5. The highest BCUT2D eigenvalue weighted by molar-refractivity contribution is 7.44. The second-order valence-electron chi connectivity index (χ2n) is 8.18. The molecule has 1 unspecified atom stereocenters. The van der Waals surface area contributed by atoms with Crippen molar-refractivity contribution in [3.63, 3.8) is 0 Å². The maximum atomic E-state index is 13.6. The molecule has 12 nitrogen and oxygen atoms in total. The van der Waals surface area contributed by atoms with Crippen LogP contribution in [-0.2, 0) is 25.7 Å². The van der Waals surface area contributed by atoms with Crippen LogP contribution in [-0.4, -0.2) is 57.4 Å². The minimum absolute atomic E-state index is 0.00296. The average Bonchev–Trinajstić information content (AvgIpc) is 3.03. The first-order chi connectivity index (χ1) is 17.3. The first-order valence-electron chi connectivity index (χ1n) is 10.5. The van der Waals surface area contributed by atoms with E-state index in [1.54, 1.807) is 0 Å². The maximum absolute atomic E-state index is 13.6. The second kappa shape index (κ2) is 10.3. The fourth-order valence-corrected chi connectivity index (χ4v) is 4.11. The molecule has 0 saturated carbocycles. The van der Waals surface area contributed by atoms with Crippen molar-refractivity contribution in [1.29, 1.82) is 0 Å². The van der Waals surface area contributed by atoms with Crippen LogP contribution in [0.2, 0.25) is 0 Å². The van der Waals surface area contributed by atoms with Crippen molar-refractivity contribution in [3.8, 4) is 12.3 Å². The number of phosphoric acid groups is 1. The standard InChI is InChI=1S/C23H22FN4O8P/c1-6-23(10-35-11-23)28(12-36-37(32,33)34)22(31)20(29)18-13(2)19(27(5)14(18)3)21(30)26-15-7-8-16(24)17(9-15)25-4/h1,7-9H,10-12H2,2-3,5H3,(H,26,30)(H2,32,33,34)/p-1. The Labute approximate surface area is 211 Å². The van der Waals surface area contributed by atoms with Gasteiger partial charge in [-0.25, -0.2) is 9.24 Å². The second-order valence-corrected chi connectivity index (χ2v) is 9.38. The molecular formula is C23H21FN4O8P-. The Morgan fingerprint density at radius 1 is 1.43 bits per heavy atom. The molecule has 1 aromatic heterocycles. The monoisotopic (exact) mass is 531 g/mol. The summed E-state index contributed by atoms with van der Waals surface area (Å²) < 4.78 is 35.5. The zero-order valence-electron chi connectivity index (χ0n) is 19.9. The van der Waals surface area contributed by atoms with Gasteiger partial charge in [-0.3, -0.25) is 28.4 Å². The number of nitrogens with zero attached hydrogens (tertiary/aromatic N) is 3. The van der Waals surface area contributed by atoms with Crippen LogP contribution in [0.5, 0.6) is 0 Å². The molecule has 2 heterocycles. The van der Waals surface area contributed by atoms with Crippen LogP contribution in [0.3, 0.4) is 0 Å². The largest absolute Gasteiger partial charge is 0.756 e. The number of amides is 2. The molecule has 3 rings (SSSR count). The predicted octanol–water partition coefficient (Wildman–Crippen LogP) is 1.43. The van der Waals surface area contributed by atoms with Crippen LogP contribution >= 0.6 is 7.82 Å². The number of terminal acetylenes is 1. The third kappa shape index (κ3) is 5.32. The van der Waals surface area contributed by atoms with Gasteiger partial charge in [0.15, 0.2) is 5.54 Å². The van der Waals surface area contributed by atoms with Crippen molar-refractivity contribution >= 4 is 36.8 Å². The molecule has 1 fully saturated rings. The fourth-order valence-electron chi connectivity index (χ4n) is 3.85. The fraction of sp³-hybridized carbons (Fsp3) is 0.304. The summed E-state index contributed by atoms with van der Waals surface area (Å²) in [7, 11) is -3.79. The predicted molar refractivity (Wildman–Crippen MR) is 125 cm³/mol. The van der Waals surface area contributed by atoms with E-state index in [0.717, 1.165) is 12.1 Å². The lowest BCUT2D eigenvalue weighted by Crippen LogP contribution is -2.64. The van der Waals surface area contributed by atoms with Crippen LogP contribution < -0.4 is 10.2 Å². The van der Waals surface area contributed by atoms with Crippen LogP contribution in [0.25, 0.3) is 4.85 Å². The van der Waals surface area contributed by atoms with E-state index in [1.165, 1.54) is 31.5 Å². The molecule has 1 saturated heterocycles. The van der Waals surface area contributed by atoms with Gasteiger partial charge in [0.05, 0.1) is 25.3 Å². The highest BCUT2D eigenvalue weighted by Crippen LogP contribution is 2.34. The molecule has 1 aliphatic rings. The average molecular weight is 531 g/mol. The number of nitrogens with one attached hydrogen (secondary N) is 1. The number of carbonyl (C=O) groups is 3. The molecule has 0 aliphatic carbocycles. The van der Waals surface area contributed by atoms with Gasteiger partial charge < -0.3 is 24.4 Å². The summed E-state index contributed by atoms with van der Waals surface area (Å²) in [6.45, 7) is 8.48. The van der Waals surface area contributed by atoms with Crippen LogP contribution in [0.15, 0.2) is 18.2 Å². The summed E-state index contributed by atoms with van der Waals surface area (Å²) in [5.41, 5.74) is -1.42. The number of carbonyl (C=O) groups excluding carboxylic acids is 3. The molecule has 0 spiro atoms. The number of ketones is 1. The van der Waals surface area contributed by atoms with Gasteiger partial charge in [-0.15, -0.1) is 6.42 Å². The van der Waals surface area contributed by atoms with Crippen molar-refractivity contribution in [2.24, 2.45) is 7.05 Å². The van der Waals surface area contributed by atoms with E-state index >= 15 is 0 Å². The van der Waals surface area contributed by atoms with E-state index in [1.807, 2.05) is 0 Å². The summed E-state index contributed by atoms with van der Waals surface area (Å²) in [5, 5.41) is 2.53. The first kappa shape index (κ1) is 27.7. The Morgan fingerprint density at radius 2 is 2.08 bits per heavy atom. The van der Waals surface area contributed by atoms with Gasteiger partial charge in [0, 0.05) is 18.4 Å². The first-order valence-corrected chi connectivity index (χ1v) is 12.0. The van der Waals surface area contributed by atoms with E-state index in [4.69, 9.17) is 22.6 Å². The Kier molecular flexibility index (Phi) is 7.70. The number of hydrogen-bond donors (Lipinski definition) is 2. The van der Waals surface area contributed by atoms with Gasteiger partial charge in [-0.1, -0.05) is 5.92 Å². The number of benzene rings is 1. The summed E-state index contributed by atoms with van der Waals surface area (Å²) in [4.78, 5) is 63.4. The van der Waals surface area contributed by atoms with Crippen LogP contribution in [0.4, 0.5) is 15.8 Å². The molecular weight excluding hydrogens is 510 g/mol. The van der Waals surface area contributed by atoms with Crippen molar-refractivity contribution in [2.75, 3.05) is 25.3 Å². The minimum Gasteiger partial charge on any atom is -0.756 e. The molecule has 194 valence electrons. The zero-order valence-corrected chi connectivity index (χ0v) is 20.8. The minimum atomic E-state index is -5.27. The van der Waals surface area contributed by atoms with E-state index < -0.39 is 43.5 Å². The van der Waals surface area contributed by atoms with E-state index in [9.17, 15) is 28.2 Å². The molecule has 2 amide bonds. The third-order valence-corrected chi connectivity index (χ3v) is 6.40. The van der Waals surface area contributed by atoms with Gasteiger partial charge >= 0.3 is 0 Å². The Hall–Kier alpha value is -3.84. The summed E-state index contributed by atoms with van der Waals surface area (Å²) in [6.07, 6.45) is 5.52. The lowest BCUT2D eigenvalue weighted by molar-refractivity contribution is -0.226. The number of Topliss-reactive ketones (excluding diaryl/α,β-unsaturated/α-hetero) is 1. The van der Waals surface area contributed by atoms with Gasteiger partial charge in [0.25, 0.3) is 25.4 Å². The van der Waals surface area contributed by atoms with Crippen molar-refractivity contribution in [1.82, 2.24) is 9.47 Å². The Balaban J connectivity index is 1.96. The maximum Gasteiger partial charge on any atom is 0.298 e. The lowest BCUT2D eigenvalue weighted by atomic mass is 9.95. The third-order valence-electron chi connectivity index (χ3n) is 5.95. The Morgan fingerprint density at radius 3 is 2.59 bits per heavy atom. The van der Waals surface area contributed by atoms with E-state index in [0.29, 0.717) is 4.90 Å². The summed E-state index contributed by atoms with van der Waals surface area (Å²) in [6, 6.07) is 3.43. The SMILES string of the molecule is [C-]#[N+]c1cc(NC(=O)c2c(C)c(C(=O)C(=O)N(COP(=O)([O-])O)C3(C#C)COC3)c(C)n2C)ccc1F. The molecule has 0 bridgehead atoms. The molecule has 2 aromatic rings. The zero-order chi connectivity index (χ0) is 27.7. The topological polar surface area (TPSA) is 155 Å². The van der Waals surface area contributed by atoms with Gasteiger partial charge in [0.2, 0.25) is 5.69 Å². The summed E-state index contributed by atoms with van der Waals surface area (Å²) in [5.74, 6) is -1.49. The number of phosphoric ester groups is 1. The van der Waals surface area contributed by atoms with Crippen molar-refractivity contribution in [2.45, 2.75) is 19.4 Å². The quantitative estimate of drug-likeness (QED) is 0.130. The van der Waals surface area contributed by atoms with Crippen molar-refractivity contribution < 1.29 is 42.4 Å². The highest BCUT2D eigenvalue weighted by atomic mass is 31.2. The van der Waals surface area contributed by atoms with Crippen LogP contribution in [0, 0.1) is 38.6 Å². The van der Waals surface area contributed by atoms with E-state index in [2.05, 4.69) is 20.6 Å². The van der Waals surface area contributed by atoms with Gasteiger partial charge in [-0.2, -0.15) is 0 Å². The Bertz CT molecular complexity index is 1430. The van der Waals surface area contributed by atoms with Gasteiger partial charge in [-0.05, 0) is 37.6 Å². The van der Waals surface area contributed by atoms with E-state index in [-0.39, 0.29) is 47.1 Å². The molecule has 1 atom stereocenters. The number of halogens is 1. The molecule has 0 radical (unpaired) electrons. The smallest absolute Gasteiger partial charge is 0.298 e. The number of anilines is 1.